The largest absolute Gasteiger partial charge is 0.356 e. The van der Waals surface area contributed by atoms with Crippen LogP contribution in [0.1, 0.15) is 16.1 Å². The maximum atomic E-state index is 13.8. The summed E-state index contributed by atoms with van der Waals surface area (Å²) < 4.78 is 31.9. The first kappa shape index (κ1) is 16.9. The molecule has 0 aliphatic rings. The van der Waals surface area contributed by atoms with Crippen molar-refractivity contribution in [2.24, 2.45) is 0 Å². The van der Waals surface area contributed by atoms with Crippen molar-refractivity contribution in [1.29, 1.82) is 0 Å². The van der Waals surface area contributed by atoms with E-state index in [4.69, 9.17) is 4.52 Å². The van der Waals surface area contributed by atoms with Crippen LogP contribution in [0.25, 0.3) is 22.1 Å². The van der Waals surface area contributed by atoms with Gasteiger partial charge in [0.2, 0.25) is 0 Å². The van der Waals surface area contributed by atoms with Gasteiger partial charge in [0, 0.05) is 17.7 Å². The van der Waals surface area contributed by atoms with Gasteiger partial charge in [-0.25, -0.2) is 8.78 Å². The Bertz CT molecular complexity index is 1140. The van der Waals surface area contributed by atoms with Crippen molar-refractivity contribution in [1.82, 2.24) is 10.5 Å². The van der Waals surface area contributed by atoms with Gasteiger partial charge in [-0.05, 0) is 35.0 Å². The van der Waals surface area contributed by atoms with Crippen LogP contribution in [0.3, 0.4) is 0 Å². The van der Waals surface area contributed by atoms with Crippen LogP contribution in [0.2, 0.25) is 0 Å². The van der Waals surface area contributed by atoms with Crippen molar-refractivity contribution in [3.05, 3.63) is 89.6 Å². The van der Waals surface area contributed by atoms with E-state index >= 15 is 0 Å². The van der Waals surface area contributed by atoms with E-state index in [9.17, 15) is 13.6 Å². The molecule has 0 bridgehead atoms. The second-order valence-corrected chi connectivity index (χ2v) is 6.05. The van der Waals surface area contributed by atoms with Gasteiger partial charge in [0.05, 0.1) is 12.1 Å². The summed E-state index contributed by atoms with van der Waals surface area (Å²) in [6.07, 6.45) is 0. The molecule has 6 heteroatoms. The summed E-state index contributed by atoms with van der Waals surface area (Å²) in [6.45, 7) is 0.123. The molecule has 1 N–H and O–H groups in total. The van der Waals surface area contributed by atoms with E-state index in [2.05, 4.69) is 10.5 Å². The van der Waals surface area contributed by atoms with Crippen LogP contribution >= 0.6 is 0 Å². The van der Waals surface area contributed by atoms with Gasteiger partial charge in [-0.3, -0.25) is 4.79 Å². The highest BCUT2D eigenvalue weighted by Crippen LogP contribution is 2.24. The highest BCUT2D eigenvalue weighted by Gasteiger charge is 2.13. The smallest absolute Gasteiger partial charge is 0.251 e. The molecule has 0 saturated carbocycles. The van der Waals surface area contributed by atoms with Crippen molar-refractivity contribution in [3.63, 3.8) is 0 Å². The summed E-state index contributed by atoms with van der Waals surface area (Å²) in [5.41, 5.74) is 1.07. The fourth-order valence-electron chi connectivity index (χ4n) is 2.81. The molecule has 4 aromatic rings. The van der Waals surface area contributed by atoms with Gasteiger partial charge in [-0.1, -0.05) is 35.5 Å². The van der Waals surface area contributed by atoms with Crippen LogP contribution in [-0.2, 0) is 6.54 Å². The predicted octanol–water partition coefficient (Wildman–Crippen LogP) is 4.70. The molecule has 1 amide bonds. The number of benzene rings is 3. The number of halogens is 2. The number of carbonyl (C=O) groups is 1. The molecule has 1 aromatic heterocycles. The molecule has 0 saturated heterocycles. The van der Waals surface area contributed by atoms with Gasteiger partial charge in [0.15, 0.2) is 5.76 Å². The third-order valence-electron chi connectivity index (χ3n) is 4.20. The van der Waals surface area contributed by atoms with Crippen LogP contribution in [0.5, 0.6) is 0 Å². The summed E-state index contributed by atoms with van der Waals surface area (Å²) in [6, 6.07) is 17.9. The Morgan fingerprint density at radius 1 is 0.963 bits per heavy atom. The SMILES string of the molecule is O=C(NCc1cc(-c2ccc(F)cc2F)on1)c1ccc2ccccc2c1. The van der Waals surface area contributed by atoms with E-state index in [1.807, 2.05) is 36.4 Å². The molecule has 134 valence electrons. The number of hydrogen-bond acceptors (Lipinski definition) is 3. The highest BCUT2D eigenvalue weighted by molar-refractivity contribution is 5.98. The zero-order valence-electron chi connectivity index (χ0n) is 14.1. The zero-order chi connectivity index (χ0) is 18.8. The molecule has 0 radical (unpaired) electrons. The number of aromatic nitrogens is 1. The third-order valence-corrected chi connectivity index (χ3v) is 4.20. The first-order valence-electron chi connectivity index (χ1n) is 8.28. The van der Waals surface area contributed by atoms with Crippen LogP contribution in [0.4, 0.5) is 8.78 Å². The van der Waals surface area contributed by atoms with E-state index in [-0.39, 0.29) is 23.8 Å². The maximum absolute atomic E-state index is 13.8. The average molecular weight is 364 g/mol. The maximum Gasteiger partial charge on any atom is 0.251 e. The standard InChI is InChI=1S/C21H14F2N2O2/c22-16-7-8-18(19(23)10-16)20-11-17(25-27-20)12-24-21(26)15-6-5-13-3-1-2-4-14(13)9-15/h1-11H,12H2,(H,24,26). The fourth-order valence-corrected chi connectivity index (χ4v) is 2.81. The second-order valence-electron chi connectivity index (χ2n) is 6.05. The van der Waals surface area contributed by atoms with Crippen LogP contribution in [-0.4, -0.2) is 11.1 Å². The molecule has 1 heterocycles. The number of carbonyl (C=O) groups excluding carboxylic acids is 1. The lowest BCUT2D eigenvalue weighted by molar-refractivity contribution is 0.0950. The molecule has 0 spiro atoms. The number of nitrogens with one attached hydrogen (secondary N) is 1. The molecule has 27 heavy (non-hydrogen) atoms. The Kier molecular flexibility index (Phi) is 4.38. The van der Waals surface area contributed by atoms with Crippen molar-refractivity contribution < 1.29 is 18.1 Å². The van der Waals surface area contributed by atoms with Gasteiger partial charge in [-0.2, -0.15) is 0 Å². The first-order valence-corrected chi connectivity index (χ1v) is 8.28. The minimum Gasteiger partial charge on any atom is -0.356 e. The van der Waals surface area contributed by atoms with E-state index in [1.54, 1.807) is 6.07 Å². The van der Waals surface area contributed by atoms with Gasteiger partial charge < -0.3 is 9.84 Å². The van der Waals surface area contributed by atoms with Crippen LogP contribution < -0.4 is 5.32 Å². The molecule has 0 unspecified atom stereocenters. The third kappa shape index (κ3) is 3.55. The van der Waals surface area contributed by atoms with Crippen molar-refractivity contribution in [3.8, 4) is 11.3 Å². The van der Waals surface area contributed by atoms with E-state index < -0.39 is 11.6 Å². The average Bonchev–Trinajstić information content (AvgIpc) is 3.14. The van der Waals surface area contributed by atoms with E-state index in [0.29, 0.717) is 11.3 Å². The quantitative estimate of drug-likeness (QED) is 0.571. The number of rotatable bonds is 4. The van der Waals surface area contributed by atoms with Crippen molar-refractivity contribution in [2.45, 2.75) is 6.54 Å². The summed E-state index contributed by atoms with van der Waals surface area (Å²) in [4.78, 5) is 12.4. The second kappa shape index (κ2) is 6.99. The first-order chi connectivity index (χ1) is 13.1. The Morgan fingerprint density at radius 3 is 2.59 bits per heavy atom. The Hall–Kier alpha value is -3.54. The molecule has 0 aliphatic carbocycles. The predicted molar refractivity (Wildman–Crippen MR) is 97.0 cm³/mol. The molecular formula is C21H14F2N2O2. The summed E-state index contributed by atoms with van der Waals surface area (Å²) in [7, 11) is 0. The lowest BCUT2D eigenvalue weighted by atomic mass is 10.1. The lowest BCUT2D eigenvalue weighted by Crippen LogP contribution is -2.22. The topological polar surface area (TPSA) is 55.1 Å². The molecule has 0 aliphatic heterocycles. The summed E-state index contributed by atoms with van der Waals surface area (Å²) >= 11 is 0. The Balaban J connectivity index is 1.47. The Morgan fingerprint density at radius 2 is 1.78 bits per heavy atom. The highest BCUT2D eigenvalue weighted by atomic mass is 19.1. The van der Waals surface area contributed by atoms with Gasteiger partial charge in [-0.15, -0.1) is 0 Å². The molecule has 4 nitrogen and oxygen atoms in total. The van der Waals surface area contributed by atoms with Crippen molar-refractivity contribution >= 4 is 16.7 Å². The van der Waals surface area contributed by atoms with Gasteiger partial charge in [0.1, 0.15) is 17.3 Å². The fraction of sp³-hybridized carbons (Fsp3) is 0.0476. The van der Waals surface area contributed by atoms with Crippen LogP contribution in [0, 0.1) is 11.6 Å². The number of nitrogens with zero attached hydrogens (tertiary/aromatic N) is 1. The Labute approximate surface area is 153 Å². The number of fused-ring (bicyclic) bond motifs is 1. The van der Waals surface area contributed by atoms with E-state index in [0.717, 1.165) is 22.9 Å². The number of amides is 1. The minimum atomic E-state index is -0.738. The minimum absolute atomic E-state index is 0.107. The zero-order valence-corrected chi connectivity index (χ0v) is 14.1. The molecule has 0 fully saturated rings. The lowest BCUT2D eigenvalue weighted by Gasteiger charge is -2.04. The summed E-state index contributed by atoms with van der Waals surface area (Å²) in [5, 5.41) is 8.60. The van der Waals surface area contributed by atoms with Gasteiger partial charge >= 0.3 is 0 Å². The van der Waals surface area contributed by atoms with E-state index in [1.165, 1.54) is 12.1 Å². The molecule has 3 aromatic carbocycles. The molecule has 4 rings (SSSR count). The number of hydrogen-bond donors (Lipinski definition) is 1. The van der Waals surface area contributed by atoms with Gasteiger partial charge in [0.25, 0.3) is 5.91 Å². The summed E-state index contributed by atoms with van der Waals surface area (Å²) in [5.74, 6) is -1.49. The molecular weight excluding hydrogens is 350 g/mol. The monoisotopic (exact) mass is 364 g/mol. The van der Waals surface area contributed by atoms with Crippen molar-refractivity contribution in [2.75, 3.05) is 0 Å². The normalized spacial score (nSPS) is 10.9. The van der Waals surface area contributed by atoms with Crippen LogP contribution in [0.15, 0.2) is 71.3 Å². The molecule has 0 atom stereocenters.